The molecular formula is C18H29N7O6S. The second-order valence-corrected chi connectivity index (χ2v) is 8.02. The van der Waals surface area contributed by atoms with Gasteiger partial charge in [-0.25, -0.2) is 9.78 Å². The molecular weight excluding hydrogens is 442 g/mol. The van der Waals surface area contributed by atoms with Gasteiger partial charge in [-0.2, -0.15) is 11.8 Å². The van der Waals surface area contributed by atoms with Crippen LogP contribution in [-0.4, -0.2) is 80.8 Å². The van der Waals surface area contributed by atoms with Gasteiger partial charge in [-0.05, 0) is 25.4 Å². The molecule has 0 saturated carbocycles. The van der Waals surface area contributed by atoms with Crippen molar-refractivity contribution in [1.29, 1.82) is 0 Å². The lowest BCUT2D eigenvalue weighted by molar-refractivity contribution is -0.143. The molecule has 1 rings (SSSR count). The maximum Gasteiger partial charge on any atom is 0.326 e. The Morgan fingerprint density at radius 1 is 1.12 bits per heavy atom. The molecule has 0 aromatic carbocycles. The van der Waals surface area contributed by atoms with E-state index in [-0.39, 0.29) is 6.42 Å². The molecule has 0 aliphatic rings. The highest BCUT2D eigenvalue weighted by molar-refractivity contribution is 7.98. The van der Waals surface area contributed by atoms with Crippen LogP contribution in [0.2, 0.25) is 0 Å². The summed E-state index contributed by atoms with van der Waals surface area (Å²) in [6.45, 7) is 1.33. The van der Waals surface area contributed by atoms with Crippen LogP contribution in [0.3, 0.4) is 0 Å². The summed E-state index contributed by atoms with van der Waals surface area (Å²) in [4.78, 5) is 66.3. The number of carboxylic acids is 1. The number of rotatable bonds is 14. The zero-order chi connectivity index (χ0) is 24.3. The van der Waals surface area contributed by atoms with Gasteiger partial charge in [-0.3, -0.25) is 19.2 Å². The maximum absolute atomic E-state index is 12.8. The van der Waals surface area contributed by atoms with Crippen LogP contribution in [-0.2, 0) is 30.4 Å². The number of carbonyl (C=O) groups excluding carboxylic acids is 4. The van der Waals surface area contributed by atoms with Crippen LogP contribution >= 0.6 is 11.8 Å². The number of nitrogens with one attached hydrogen (secondary N) is 4. The molecule has 9 N–H and O–H groups in total. The number of aromatic amines is 1. The first-order valence-corrected chi connectivity index (χ1v) is 11.1. The number of H-pyrrole nitrogens is 1. The van der Waals surface area contributed by atoms with Crippen molar-refractivity contribution in [3.8, 4) is 0 Å². The van der Waals surface area contributed by atoms with Gasteiger partial charge in [0.2, 0.25) is 23.6 Å². The van der Waals surface area contributed by atoms with Crippen molar-refractivity contribution in [3.63, 3.8) is 0 Å². The summed E-state index contributed by atoms with van der Waals surface area (Å²) >= 11 is 1.53. The van der Waals surface area contributed by atoms with Crippen molar-refractivity contribution in [2.45, 2.75) is 50.4 Å². The number of amides is 4. The van der Waals surface area contributed by atoms with Gasteiger partial charge in [0.1, 0.15) is 18.1 Å². The van der Waals surface area contributed by atoms with Crippen molar-refractivity contribution < 1.29 is 29.1 Å². The minimum Gasteiger partial charge on any atom is -0.480 e. The van der Waals surface area contributed by atoms with Gasteiger partial charge in [0, 0.05) is 18.3 Å². The Morgan fingerprint density at radius 2 is 1.78 bits per heavy atom. The molecule has 0 aliphatic carbocycles. The summed E-state index contributed by atoms with van der Waals surface area (Å²) < 4.78 is 0. The van der Waals surface area contributed by atoms with E-state index >= 15 is 0 Å². The number of aromatic nitrogens is 2. The van der Waals surface area contributed by atoms with Crippen molar-refractivity contribution in [3.05, 3.63) is 18.2 Å². The Kier molecular flexibility index (Phi) is 11.2. The number of primary amides is 1. The fourth-order valence-corrected chi connectivity index (χ4v) is 3.05. The van der Waals surface area contributed by atoms with Gasteiger partial charge in [0.15, 0.2) is 0 Å². The predicted molar refractivity (Wildman–Crippen MR) is 116 cm³/mol. The molecule has 178 valence electrons. The Hall–Kier alpha value is -3.13. The van der Waals surface area contributed by atoms with Gasteiger partial charge < -0.3 is 37.5 Å². The third-order valence-corrected chi connectivity index (χ3v) is 5.00. The zero-order valence-electron chi connectivity index (χ0n) is 17.8. The molecule has 1 aromatic rings. The van der Waals surface area contributed by atoms with E-state index in [0.29, 0.717) is 17.9 Å². The fourth-order valence-electron chi connectivity index (χ4n) is 2.56. The monoisotopic (exact) mass is 471 g/mol. The van der Waals surface area contributed by atoms with Crippen LogP contribution in [0.1, 0.15) is 25.5 Å². The Balaban J connectivity index is 2.82. The van der Waals surface area contributed by atoms with Gasteiger partial charge in [-0.15, -0.1) is 0 Å². The van der Waals surface area contributed by atoms with Gasteiger partial charge in [0.05, 0.1) is 18.8 Å². The van der Waals surface area contributed by atoms with Crippen LogP contribution in [0, 0.1) is 0 Å². The number of hydrogen-bond donors (Lipinski definition) is 7. The molecule has 13 nitrogen and oxygen atoms in total. The number of hydrogen-bond acceptors (Lipinski definition) is 8. The largest absolute Gasteiger partial charge is 0.480 e. The zero-order valence-corrected chi connectivity index (χ0v) is 18.6. The number of carbonyl (C=O) groups is 5. The summed E-state index contributed by atoms with van der Waals surface area (Å²) in [5, 5.41) is 16.2. The lowest BCUT2D eigenvalue weighted by Crippen LogP contribution is -2.57. The maximum atomic E-state index is 12.8. The number of nitrogens with zero attached hydrogens (tertiary/aromatic N) is 1. The third-order valence-electron chi connectivity index (χ3n) is 4.35. The van der Waals surface area contributed by atoms with Crippen LogP contribution < -0.4 is 27.4 Å². The quantitative estimate of drug-likeness (QED) is 0.152. The third kappa shape index (κ3) is 9.34. The van der Waals surface area contributed by atoms with E-state index < -0.39 is 60.2 Å². The normalized spacial score (nSPS) is 14.5. The average Bonchev–Trinajstić information content (AvgIpc) is 3.23. The van der Waals surface area contributed by atoms with E-state index in [9.17, 15) is 24.0 Å². The number of thioether (sulfide) groups is 1. The topological polar surface area (TPSA) is 222 Å². The number of imidazole rings is 1. The van der Waals surface area contributed by atoms with E-state index in [1.54, 1.807) is 0 Å². The number of nitrogens with two attached hydrogens (primary N) is 2. The average molecular weight is 472 g/mol. The molecule has 0 aliphatic heterocycles. The Labute approximate surface area is 188 Å². The minimum atomic E-state index is -1.53. The molecule has 14 heteroatoms. The lowest BCUT2D eigenvalue weighted by atomic mass is 10.1. The molecule has 0 radical (unpaired) electrons. The van der Waals surface area contributed by atoms with Crippen LogP contribution in [0.25, 0.3) is 0 Å². The van der Waals surface area contributed by atoms with E-state index in [4.69, 9.17) is 16.6 Å². The molecule has 0 bridgehead atoms. The SMILES string of the molecule is CSCCC(N)C(=O)NC(Cc1cnc[nH]1)C(=O)NC(C)C(=O)NC(CC(N)=O)C(=O)O. The molecule has 0 spiro atoms. The molecule has 0 saturated heterocycles. The highest BCUT2D eigenvalue weighted by Gasteiger charge is 2.29. The molecule has 4 unspecified atom stereocenters. The lowest BCUT2D eigenvalue weighted by Gasteiger charge is -2.23. The molecule has 1 aromatic heterocycles. The summed E-state index contributed by atoms with van der Waals surface area (Å²) in [5.74, 6) is -3.74. The van der Waals surface area contributed by atoms with E-state index in [1.807, 2.05) is 6.26 Å². The van der Waals surface area contributed by atoms with Crippen LogP contribution in [0.4, 0.5) is 0 Å². The summed E-state index contributed by atoms with van der Waals surface area (Å²) in [6.07, 6.45) is 4.65. The van der Waals surface area contributed by atoms with E-state index in [2.05, 4.69) is 25.9 Å². The van der Waals surface area contributed by atoms with Crippen LogP contribution in [0.5, 0.6) is 0 Å². The molecule has 0 fully saturated rings. The predicted octanol–water partition coefficient (Wildman–Crippen LogP) is -2.53. The van der Waals surface area contributed by atoms with Gasteiger partial charge in [-0.1, -0.05) is 0 Å². The first-order chi connectivity index (χ1) is 15.0. The molecule has 4 amide bonds. The standard InChI is InChI=1S/C18H29N7O6S/c1-9(15(27)25-13(18(30)31)6-14(20)26)23-17(29)12(5-10-7-21-8-22-10)24-16(28)11(19)3-4-32-2/h7-9,11-13H,3-6,19H2,1-2H3,(H2,20,26)(H,21,22)(H,23,29)(H,24,28)(H,25,27)(H,30,31). The highest BCUT2D eigenvalue weighted by Crippen LogP contribution is 2.03. The van der Waals surface area contributed by atoms with Crippen LogP contribution in [0.15, 0.2) is 12.5 Å². The Morgan fingerprint density at radius 3 is 2.31 bits per heavy atom. The summed E-state index contributed by atoms with van der Waals surface area (Å²) in [6, 6.07) is -4.58. The fraction of sp³-hybridized carbons (Fsp3) is 0.556. The van der Waals surface area contributed by atoms with Crippen molar-refractivity contribution >= 4 is 41.4 Å². The minimum absolute atomic E-state index is 0.0561. The number of aliphatic carboxylic acids is 1. The smallest absolute Gasteiger partial charge is 0.326 e. The first kappa shape index (κ1) is 26.9. The van der Waals surface area contributed by atoms with E-state index in [0.717, 1.165) is 0 Å². The highest BCUT2D eigenvalue weighted by atomic mass is 32.2. The summed E-state index contributed by atoms with van der Waals surface area (Å²) in [7, 11) is 0. The van der Waals surface area contributed by atoms with Crippen molar-refractivity contribution in [1.82, 2.24) is 25.9 Å². The summed E-state index contributed by atoms with van der Waals surface area (Å²) in [5.41, 5.74) is 11.4. The van der Waals surface area contributed by atoms with Crippen molar-refractivity contribution in [2.75, 3.05) is 12.0 Å². The molecule has 32 heavy (non-hydrogen) atoms. The Bertz CT molecular complexity index is 804. The van der Waals surface area contributed by atoms with E-state index in [1.165, 1.54) is 31.2 Å². The van der Waals surface area contributed by atoms with Gasteiger partial charge in [0.25, 0.3) is 0 Å². The van der Waals surface area contributed by atoms with Gasteiger partial charge >= 0.3 is 5.97 Å². The van der Waals surface area contributed by atoms with Crippen molar-refractivity contribution in [2.24, 2.45) is 11.5 Å². The number of carboxylic acid groups (broad SMARTS) is 1. The second-order valence-electron chi connectivity index (χ2n) is 7.03. The first-order valence-electron chi connectivity index (χ1n) is 9.69. The molecule has 4 atom stereocenters. The molecule has 1 heterocycles. The second kappa shape index (κ2) is 13.3.